The molecule has 2 nitrogen and oxygen atoms in total. The van der Waals surface area contributed by atoms with Crippen LogP contribution >= 0.6 is 0 Å². The summed E-state index contributed by atoms with van der Waals surface area (Å²) in [5.74, 6) is 0.720. The SMILES string of the molecule is c1ccc(C(OCCN2CCCCC2)C2CCCCC2)cc1. The summed E-state index contributed by atoms with van der Waals surface area (Å²) in [5.41, 5.74) is 1.38. The maximum absolute atomic E-state index is 6.43. The van der Waals surface area contributed by atoms with Crippen molar-refractivity contribution >= 4 is 0 Å². The van der Waals surface area contributed by atoms with E-state index in [9.17, 15) is 0 Å². The number of hydrogen-bond acceptors (Lipinski definition) is 2. The van der Waals surface area contributed by atoms with Gasteiger partial charge in [0.25, 0.3) is 0 Å². The molecule has 1 aromatic carbocycles. The van der Waals surface area contributed by atoms with Gasteiger partial charge < -0.3 is 9.64 Å². The van der Waals surface area contributed by atoms with Crippen molar-refractivity contribution in [1.29, 1.82) is 0 Å². The zero-order valence-corrected chi connectivity index (χ0v) is 13.9. The van der Waals surface area contributed by atoms with Crippen LogP contribution in [0.3, 0.4) is 0 Å². The first-order chi connectivity index (χ1) is 10.9. The monoisotopic (exact) mass is 301 g/mol. The van der Waals surface area contributed by atoms with E-state index in [4.69, 9.17) is 4.74 Å². The molecule has 1 aliphatic heterocycles. The lowest BCUT2D eigenvalue weighted by molar-refractivity contribution is -0.0123. The maximum Gasteiger partial charge on any atom is 0.0853 e. The second kappa shape index (κ2) is 8.69. The van der Waals surface area contributed by atoms with Gasteiger partial charge in [0.05, 0.1) is 12.7 Å². The molecule has 1 saturated carbocycles. The molecule has 1 aliphatic carbocycles. The molecule has 1 heterocycles. The second-order valence-electron chi connectivity index (χ2n) is 7.00. The van der Waals surface area contributed by atoms with Gasteiger partial charge in [-0.15, -0.1) is 0 Å². The van der Waals surface area contributed by atoms with Gasteiger partial charge >= 0.3 is 0 Å². The number of nitrogens with zero attached hydrogens (tertiary/aromatic N) is 1. The molecule has 0 bridgehead atoms. The van der Waals surface area contributed by atoms with Crippen molar-refractivity contribution in [3.8, 4) is 0 Å². The summed E-state index contributed by atoms with van der Waals surface area (Å²) in [6, 6.07) is 10.9. The lowest BCUT2D eigenvalue weighted by Gasteiger charge is -2.32. The van der Waals surface area contributed by atoms with E-state index in [1.807, 2.05) is 0 Å². The molecule has 122 valence electrons. The molecular formula is C20H31NO. The molecule has 0 aromatic heterocycles. The Balaban J connectivity index is 1.56. The van der Waals surface area contributed by atoms with Gasteiger partial charge in [-0.2, -0.15) is 0 Å². The molecule has 1 aromatic rings. The molecule has 3 rings (SSSR count). The number of likely N-dealkylation sites (tertiary alicyclic amines) is 1. The number of hydrogen-bond donors (Lipinski definition) is 0. The van der Waals surface area contributed by atoms with Gasteiger partial charge in [0.1, 0.15) is 0 Å². The van der Waals surface area contributed by atoms with E-state index in [2.05, 4.69) is 35.2 Å². The Hall–Kier alpha value is -0.860. The van der Waals surface area contributed by atoms with Crippen LogP contribution in [0.5, 0.6) is 0 Å². The van der Waals surface area contributed by atoms with Crippen LogP contribution in [0, 0.1) is 5.92 Å². The van der Waals surface area contributed by atoms with E-state index in [1.54, 1.807) is 0 Å². The maximum atomic E-state index is 6.43. The van der Waals surface area contributed by atoms with Crippen molar-refractivity contribution in [1.82, 2.24) is 4.90 Å². The van der Waals surface area contributed by atoms with Crippen LogP contribution < -0.4 is 0 Å². The lowest BCUT2D eigenvalue weighted by atomic mass is 9.82. The number of piperidine rings is 1. The summed E-state index contributed by atoms with van der Waals surface area (Å²) >= 11 is 0. The summed E-state index contributed by atoms with van der Waals surface area (Å²) in [6.45, 7) is 4.53. The van der Waals surface area contributed by atoms with Gasteiger partial charge in [-0.1, -0.05) is 56.0 Å². The molecule has 2 heteroatoms. The van der Waals surface area contributed by atoms with Crippen molar-refractivity contribution in [2.45, 2.75) is 57.5 Å². The smallest absolute Gasteiger partial charge is 0.0853 e. The Morgan fingerprint density at radius 2 is 1.59 bits per heavy atom. The minimum Gasteiger partial charge on any atom is -0.372 e. The second-order valence-corrected chi connectivity index (χ2v) is 7.00. The molecular weight excluding hydrogens is 270 g/mol. The predicted molar refractivity (Wildman–Crippen MR) is 92.0 cm³/mol. The predicted octanol–water partition coefficient (Wildman–Crippen LogP) is 4.81. The number of rotatable bonds is 6. The minimum atomic E-state index is 0.311. The average Bonchev–Trinajstić information content (AvgIpc) is 2.61. The Labute approximate surface area is 135 Å². The van der Waals surface area contributed by atoms with Crippen molar-refractivity contribution in [2.24, 2.45) is 5.92 Å². The van der Waals surface area contributed by atoms with Crippen LogP contribution in [0.15, 0.2) is 30.3 Å². The Bertz CT molecular complexity index is 407. The quantitative estimate of drug-likeness (QED) is 0.747. The molecule has 1 unspecified atom stereocenters. The number of ether oxygens (including phenoxy) is 1. The molecule has 22 heavy (non-hydrogen) atoms. The normalized spacial score (nSPS) is 22.5. The highest BCUT2D eigenvalue weighted by molar-refractivity contribution is 5.18. The largest absolute Gasteiger partial charge is 0.372 e. The Kier molecular flexibility index (Phi) is 6.32. The highest BCUT2D eigenvalue weighted by Gasteiger charge is 2.25. The van der Waals surface area contributed by atoms with E-state index in [0.29, 0.717) is 6.10 Å². The van der Waals surface area contributed by atoms with Crippen molar-refractivity contribution in [3.63, 3.8) is 0 Å². The van der Waals surface area contributed by atoms with Crippen molar-refractivity contribution in [3.05, 3.63) is 35.9 Å². The zero-order chi connectivity index (χ0) is 15.0. The summed E-state index contributed by atoms with van der Waals surface area (Å²) in [4.78, 5) is 2.58. The highest BCUT2D eigenvalue weighted by Crippen LogP contribution is 2.36. The fourth-order valence-corrected chi connectivity index (χ4v) is 4.08. The summed E-state index contributed by atoms with van der Waals surface area (Å²) < 4.78 is 6.43. The van der Waals surface area contributed by atoms with E-state index in [0.717, 1.165) is 19.1 Å². The first-order valence-electron chi connectivity index (χ1n) is 9.32. The third kappa shape index (κ3) is 4.57. The van der Waals surface area contributed by atoms with E-state index in [1.165, 1.54) is 70.0 Å². The standard InChI is InChI=1S/C20H31NO/c1-4-10-18(11-5-1)20(19-12-6-2-7-13-19)22-17-16-21-14-8-3-9-15-21/h1,4-5,10-11,19-20H,2-3,6-9,12-17H2. The summed E-state index contributed by atoms with van der Waals surface area (Å²) in [6.07, 6.45) is 11.3. The zero-order valence-electron chi connectivity index (χ0n) is 13.9. The van der Waals surface area contributed by atoms with Crippen LogP contribution in [0.1, 0.15) is 63.0 Å². The van der Waals surface area contributed by atoms with Gasteiger partial charge in [0.15, 0.2) is 0 Å². The third-order valence-electron chi connectivity index (χ3n) is 5.36. The molecule has 1 saturated heterocycles. The van der Waals surface area contributed by atoms with E-state index < -0.39 is 0 Å². The van der Waals surface area contributed by atoms with Crippen LogP contribution in [-0.2, 0) is 4.74 Å². The van der Waals surface area contributed by atoms with Crippen LogP contribution in [0.2, 0.25) is 0 Å². The van der Waals surface area contributed by atoms with E-state index in [-0.39, 0.29) is 0 Å². The first-order valence-corrected chi connectivity index (χ1v) is 9.32. The van der Waals surface area contributed by atoms with Gasteiger partial charge in [-0.3, -0.25) is 0 Å². The van der Waals surface area contributed by atoms with Gasteiger partial charge in [-0.25, -0.2) is 0 Å². The third-order valence-corrected chi connectivity index (χ3v) is 5.36. The number of benzene rings is 1. The molecule has 0 N–H and O–H groups in total. The Morgan fingerprint density at radius 3 is 2.32 bits per heavy atom. The minimum absolute atomic E-state index is 0.311. The average molecular weight is 301 g/mol. The van der Waals surface area contributed by atoms with Gasteiger partial charge in [0, 0.05) is 6.54 Å². The van der Waals surface area contributed by atoms with Crippen LogP contribution in [0.25, 0.3) is 0 Å². The van der Waals surface area contributed by atoms with Crippen molar-refractivity contribution < 1.29 is 4.74 Å². The molecule has 0 amide bonds. The summed E-state index contributed by atoms with van der Waals surface area (Å²) in [7, 11) is 0. The lowest BCUT2D eigenvalue weighted by Crippen LogP contribution is -2.33. The molecule has 2 fully saturated rings. The molecule has 2 aliphatic rings. The van der Waals surface area contributed by atoms with Crippen molar-refractivity contribution in [2.75, 3.05) is 26.2 Å². The van der Waals surface area contributed by atoms with Gasteiger partial charge in [-0.05, 0) is 50.3 Å². The van der Waals surface area contributed by atoms with Crippen LogP contribution in [-0.4, -0.2) is 31.1 Å². The summed E-state index contributed by atoms with van der Waals surface area (Å²) in [5, 5.41) is 0. The first kappa shape index (κ1) is 16.0. The van der Waals surface area contributed by atoms with E-state index >= 15 is 0 Å². The Morgan fingerprint density at radius 1 is 0.909 bits per heavy atom. The van der Waals surface area contributed by atoms with Gasteiger partial charge in [0.2, 0.25) is 0 Å². The highest BCUT2D eigenvalue weighted by atomic mass is 16.5. The molecule has 1 atom stereocenters. The topological polar surface area (TPSA) is 12.5 Å². The van der Waals surface area contributed by atoms with Crippen LogP contribution in [0.4, 0.5) is 0 Å². The molecule has 0 radical (unpaired) electrons. The fourth-order valence-electron chi connectivity index (χ4n) is 4.08. The fraction of sp³-hybridized carbons (Fsp3) is 0.700. The molecule has 0 spiro atoms.